The minimum absolute atomic E-state index is 0.285. The zero-order chi connectivity index (χ0) is 21.7. The number of carbonyl (C=O) groups excluding carboxylic acids is 4. The predicted octanol–water partition coefficient (Wildman–Crippen LogP) is 2.23. The molecule has 1 saturated heterocycles. The highest BCUT2D eigenvalue weighted by Gasteiger charge is 2.52. The van der Waals surface area contributed by atoms with Crippen molar-refractivity contribution < 1.29 is 19.2 Å². The van der Waals surface area contributed by atoms with Gasteiger partial charge < -0.3 is 16.0 Å². The molecule has 0 aromatic heterocycles. The van der Waals surface area contributed by atoms with Gasteiger partial charge in [0.25, 0.3) is 11.8 Å². The average molecular weight is 408 g/mol. The summed E-state index contributed by atoms with van der Waals surface area (Å²) in [5.41, 5.74) is 0.297. The Morgan fingerprint density at radius 2 is 1.80 bits per heavy atom. The third kappa shape index (κ3) is 4.03. The number of benzene rings is 2. The first-order chi connectivity index (χ1) is 14.4. The van der Waals surface area contributed by atoms with E-state index < -0.39 is 29.9 Å². The fourth-order valence-electron chi connectivity index (χ4n) is 3.60. The van der Waals surface area contributed by atoms with Crippen molar-refractivity contribution in [1.29, 1.82) is 0 Å². The van der Waals surface area contributed by atoms with Gasteiger partial charge in [0.05, 0.1) is 0 Å². The number of hydrogen-bond acceptors (Lipinski definition) is 4. The molecule has 0 saturated carbocycles. The van der Waals surface area contributed by atoms with E-state index in [1.54, 1.807) is 42.5 Å². The maximum absolute atomic E-state index is 13.2. The molecule has 0 radical (unpaired) electrons. The Bertz CT molecular complexity index is 976. The number of carbonyl (C=O) groups is 4. The Labute approximate surface area is 174 Å². The van der Waals surface area contributed by atoms with Gasteiger partial charge in [0.2, 0.25) is 5.91 Å². The van der Waals surface area contributed by atoms with Gasteiger partial charge in [-0.2, -0.15) is 0 Å². The molecule has 1 fully saturated rings. The fraction of sp³-hybridized carbons (Fsp3) is 0.273. The van der Waals surface area contributed by atoms with Crippen LogP contribution < -0.4 is 16.0 Å². The van der Waals surface area contributed by atoms with Crippen molar-refractivity contribution in [3.8, 4) is 0 Å². The van der Waals surface area contributed by atoms with Gasteiger partial charge in [0.15, 0.2) is 0 Å². The Hall–Kier alpha value is -3.68. The van der Waals surface area contributed by atoms with E-state index in [2.05, 4.69) is 16.0 Å². The van der Waals surface area contributed by atoms with Crippen LogP contribution in [0.5, 0.6) is 0 Å². The van der Waals surface area contributed by atoms with Crippen LogP contribution >= 0.6 is 0 Å². The first kappa shape index (κ1) is 21.0. The largest absolute Gasteiger partial charge is 0.355 e. The van der Waals surface area contributed by atoms with Crippen molar-refractivity contribution in [3.05, 3.63) is 65.7 Å². The van der Waals surface area contributed by atoms with Gasteiger partial charge in [-0.05, 0) is 30.2 Å². The van der Waals surface area contributed by atoms with E-state index >= 15 is 0 Å². The highest BCUT2D eigenvalue weighted by atomic mass is 16.2. The van der Waals surface area contributed by atoms with Gasteiger partial charge in [-0.1, -0.05) is 49.7 Å². The molecule has 30 heavy (non-hydrogen) atoms. The van der Waals surface area contributed by atoms with Crippen LogP contribution in [0.15, 0.2) is 54.6 Å². The first-order valence-corrected chi connectivity index (χ1v) is 9.73. The normalized spacial score (nSPS) is 18.1. The summed E-state index contributed by atoms with van der Waals surface area (Å²) in [5, 5.41) is 7.94. The molecule has 0 aliphatic carbocycles. The van der Waals surface area contributed by atoms with Crippen molar-refractivity contribution in [1.82, 2.24) is 15.5 Å². The first-order valence-electron chi connectivity index (χ1n) is 9.73. The fourth-order valence-corrected chi connectivity index (χ4v) is 3.60. The van der Waals surface area contributed by atoms with Gasteiger partial charge in [-0.25, -0.2) is 4.79 Å². The predicted molar refractivity (Wildman–Crippen MR) is 112 cm³/mol. The summed E-state index contributed by atoms with van der Waals surface area (Å²) in [6.07, 6.45) is 1.10. The number of imide groups is 1. The Balaban J connectivity index is 1.77. The molecule has 2 aromatic rings. The molecule has 5 amide bonds. The lowest BCUT2D eigenvalue weighted by Gasteiger charge is -2.26. The van der Waals surface area contributed by atoms with Crippen LogP contribution in [0, 0.1) is 0 Å². The summed E-state index contributed by atoms with van der Waals surface area (Å²) >= 11 is 0. The summed E-state index contributed by atoms with van der Waals surface area (Å²) in [6.45, 7) is 1.51. The maximum Gasteiger partial charge on any atom is 0.325 e. The van der Waals surface area contributed by atoms with Crippen molar-refractivity contribution in [3.63, 3.8) is 0 Å². The summed E-state index contributed by atoms with van der Waals surface area (Å²) < 4.78 is 0. The summed E-state index contributed by atoms with van der Waals surface area (Å²) in [5.74, 6) is -1.27. The molecule has 0 spiro atoms. The van der Waals surface area contributed by atoms with Crippen LogP contribution in [0.1, 0.15) is 35.7 Å². The van der Waals surface area contributed by atoms with Gasteiger partial charge in [0, 0.05) is 18.3 Å². The minimum atomic E-state index is -1.17. The van der Waals surface area contributed by atoms with E-state index in [1.165, 1.54) is 13.1 Å². The molecular weight excluding hydrogens is 384 g/mol. The van der Waals surface area contributed by atoms with Crippen LogP contribution in [0.2, 0.25) is 0 Å². The van der Waals surface area contributed by atoms with E-state index in [9.17, 15) is 19.2 Å². The second kappa shape index (κ2) is 8.77. The highest BCUT2D eigenvalue weighted by Crippen LogP contribution is 2.33. The van der Waals surface area contributed by atoms with E-state index in [0.29, 0.717) is 29.7 Å². The summed E-state index contributed by atoms with van der Waals surface area (Å²) in [4.78, 5) is 51.0. The average Bonchev–Trinajstić information content (AvgIpc) is 2.99. The number of nitrogens with zero attached hydrogens (tertiary/aromatic N) is 1. The molecule has 3 rings (SSSR count). The molecule has 1 heterocycles. The monoisotopic (exact) mass is 408 g/mol. The molecule has 8 heteroatoms. The highest BCUT2D eigenvalue weighted by molar-refractivity contribution is 6.10. The summed E-state index contributed by atoms with van der Waals surface area (Å²) in [6, 6.07) is 14.8. The topological polar surface area (TPSA) is 108 Å². The number of nitrogens with one attached hydrogen (secondary N) is 3. The Morgan fingerprint density at radius 1 is 1.07 bits per heavy atom. The number of amides is 5. The zero-order valence-electron chi connectivity index (χ0n) is 16.9. The third-order valence-corrected chi connectivity index (χ3v) is 5.00. The van der Waals surface area contributed by atoms with Gasteiger partial charge in [-0.15, -0.1) is 0 Å². The number of rotatable bonds is 7. The van der Waals surface area contributed by atoms with Gasteiger partial charge >= 0.3 is 6.03 Å². The van der Waals surface area contributed by atoms with Gasteiger partial charge in [0.1, 0.15) is 12.1 Å². The van der Waals surface area contributed by atoms with Crippen LogP contribution in [0.3, 0.4) is 0 Å². The van der Waals surface area contributed by atoms with Gasteiger partial charge in [-0.3, -0.25) is 19.3 Å². The molecule has 0 bridgehead atoms. The van der Waals surface area contributed by atoms with Crippen molar-refractivity contribution >= 4 is 29.4 Å². The molecule has 156 valence electrons. The second-order valence-corrected chi connectivity index (χ2v) is 7.05. The van der Waals surface area contributed by atoms with E-state index in [4.69, 9.17) is 0 Å². The quantitative estimate of drug-likeness (QED) is 0.611. The summed E-state index contributed by atoms with van der Waals surface area (Å²) in [7, 11) is 1.51. The molecule has 3 N–H and O–H groups in total. The number of hydrogen-bond donors (Lipinski definition) is 3. The molecule has 1 atom stereocenters. The lowest BCUT2D eigenvalue weighted by atomic mass is 9.85. The maximum atomic E-state index is 13.2. The standard InChI is InChI=1S/C22H24N4O4/c1-3-12-22(16-9-5-4-6-10-16)20(29)26(21(30)25-22)14-18(27)24-17-11-7-8-15(13-17)19(28)23-2/h4-11,13H,3,12,14H2,1-2H3,(H,23,28)(H,24,27)(H,25,30)/t22-/m0/s1. The Kier molecular flexibility index (Phi) is 6.15. The van der Waals surface area contributed by atoms with Crippen LogP contribution in [-0.2, 0) is 15.1 Å². The third-order valence-electron chi connectivity index (χ3n) is 5.00. The smallest absolute Gasteiger partial charge is 0.325 e. The number of urea groups is 1. The Morgan fingerprint density at radius 3 is 2.47 bits per heavy atom. The van der Waals surface area contributed by atoms with Crippen molar-refractivity contribution in [2.45, 2.75) is 25.3 Å². The molecule has 1 aliphatic rings. The van der Waals surface area contributed by atoms with Crippen molar-refractivity contribution in [2.75, 3.05) is 18.9 Å². The van der Waals surface area contributed by atoms with E-state index in [0.717, 1.165) is 4.90 Å². The number of anilines is 1. The SMILES string of the molecule is CCC[C@@]1(c2ccccc2)NC(=O)N(CC(=O)Nc2cccc(C(=O)NC)c2)C1=O. The van der Waals surface area contributed by atoms with Crippen LogP contribution in [-0.4, -0.2) is 42.2 Å². The molecular formula is C22H24N4O4. The minimum Gasteiger partial charge on any atom is -0.355 e. The van der Waals surface area contributed by atoms with E-state index in [1.807, 2.05) is 13.0 Å². The zero-order valence-corrected chi connectivity index (χ0v) is 16.9. The molecule has 2 aromatic carbocycles. The van der Waals surface area contributed by atoms with Crippen LogP contribution in [0.4, 0.5) is 10.5 Å². The van der Waals surface area contributed by atoms with Crippen molar-refractivity contribution in [2.24, 2.45) is 0 Å². The second-order valence-electron chi connectivity index (χ2n) is 7.05. The lowest BCUT2D eigenvalue weighted by Crippen LogP contribution is -2.44. The molecule has 0 unspecified atom stereocenters. The molecule has 1 aliphatic heterocycles. The lowest BCUT2D eigenvalue weighted by molar-refractivity contribution is -0.134. The molecule has 8 nitrogen and oxygen atoms in total. The van der Waals surface area contributed by atoms with Crippen LogP contribution in [0.25, 0.3) is 0 Å². The van der Waals surface area contributed by atoms with E-state index in [-0.39, 0.29) is 5.91 Å².